The fourth-order valence-electron chi connectivity index (χ4n) is 4.34. The van der Waals surface area contributed by atoms with Gasteiger partial charge in [-0.3, -0.25) is 4.79 Å². The van der Waals surface area contributed by atoms with Crippen LogP contribution in [0.15, 0.2) is 17.5 Å². The molecule has 126 valence electrons. The van der Waals surface area contributed by atoms with E-state index in [1.165, 1.54) is 30.8 Å². The number of piperidine rings is 1. The first-order valence-electron chi connectivity index (χ1n) is 8.94. The molecule has 23 heavy (non-hydrogen) atoms. The van der Waals surface area contributed by atoms with Crippen LogP contribution in [0.5, 0.6) is 0 Å². The number of likely N-dealkylation sites (tertiary alicyclic amines) is 2. The molecule has 0 bridgehead atoms. The third-order valence-electron chi connectivity index (χ3n) is 5.70. The van der Waals surface area contributed by atoms with Crippen LogP contribution < -0.4 is 0 Å². The summed E-state index contributed by atoms with van der Waals surface area (Å²) >= 11 is 1.68. The molecule has 3 aliphatic heterocycles. The Morgan fingerprint density at radius 3 is 2.96 bits per heavy atom. The second kappa shape index (κ2) is 6.91. The van der Waals surface area contributed by atoms with E-state index in [0.29, 0.717) is 24.4 Å². The lowest BCUT2D eigenvalue weighted by Crippen LogP contribution is -2.47. The molecular weight excluding hydrogens is 308 g/mol. The van der Waals surface area contributed by atoms with E-state index in [4.69, 9.17) is 4.74 Å². The van der Waals surface area contributed by atoms with Crippen LogP contribution in [0.3, 0.4) is 0 Å². The summed E-state index contributed by atoms with van der Waals surface area (Å²) in [5.74, 6) is 1.49. The minimum atomic E-state index is 0.290. The highest BCUT2D eigenvalue weighted by atomic mass is 32.1. The molecule has 3 atom stereocenters. The Morgan fingerprint density at radius 1 is 1.30 bits per heavy atom. The maximum absolute atomic E-state index is 12.6. The Morgan fingerprint density at radius 2 is 2.17 bits per heavy atom. The molecule has 0 radical (unpaired) electrons. The van der Waals surface area contributed by atoms with E-state index in [1.54, 1.807) is 11.3 Å². The van der Waals surface area contributed by atoms with Gasteiger partial charge in [-0.15, -0.1) is 11.3 Å². The van der Waals surface area contributed by atoms with E-state index in [-0.39, 0.29) is 5.91 Å². The Kier molecular flexibility index (Phi) is 4.69. The molecule has 0 aliphatic carbocycles. The number of amides is 1. The summed E-state index contributed by atoms with van der Waals surface area (Å²) in [6.45, 7) is 6.21. The number of hydrogen-bond donors (Lipinski definition) is 0. The van der Waals surface area contributed by atoms with Crippen LogP contribution in [0.1, 0.15) is 24.1 Å². The summed E-state index contributed by atoms with van der Waals surface area (Å²) in [6.07, 6.45) is 4.65. The molecular formula is C18H26N2O2S. The second-order valence-electron chi connectivity index (χ2n) is 7.19. The van der Waals surface area contributed by atoms with Gasteiger partial charge in [0.2, 0.25) is 5.91 Å². The quantitative estimate of drug-likeness (QED) is 0.847. The summed E-state index contributed by atoms with van der Waals surface area (Å²) in [7, 11) is 0. The third kappa shape index (κ3) is 3.47. The van der Waals surface area contributed by atoms with E-state index in [9.17, 15) is 4.79 Å². The van der Waals surface area contributed by atoms with Gasteiger partial charge in [0.25, 0.3) is 0 Å². The van der Waals surface area contributed by atoms with Crippen molar-refractivity contribution in [1.82, 2.24) is 9.80 Å². The van der Waals surface area contributed by atoms with Gasteiger partial charge in [0, 0.05) is 30.4 Å². The smallest absolute Gasteiger partial charge is 0.227 e. The second-order valence-corrected chi connectivity index (χ2v) is 8.22. The Hall–Kier alpha value is -0.910. The molecule has 3 fully saturated rings. The average Bonchev–Trinajstić information content (AvgIpc) is 3.30. The zero-order valence-corrected chi connectivity index (χ0v) is 14.5. The fraction of sp³-hybridized carbons (Fsp3) is 0.722. The van der Waals surface area contributed by atoms with Crippen LogP contribution >= 0.6 is 11.3 Å². The van der Waals surface area contributed by atoms with Gasteiger partial charge in [-0.05, 0) is 49.7 Å². The number of ether oxygens (including phenoxy) is 1. The number of hydrogen-bond acceptors (Lipinski definition) is 4. The van der Waals surface area contributed by atoms with E-state index < -0.39 is 0 Å². The topological polar surface area (TPSA) is 32.8 Å². The standard InChI is InChI=1S/C18H26N2O2S/c21-18(10-15-4-3-9-23-15)20-8-5-14-13-22-17(16(14)11-20)12-19-6-1-2-7-19/h3-4,9,14,16-17H,1-2,5-8,10-13H2/t14-,16-,17+/m0/s1. The van der Waals surface area contributed by atoms with Crippen molar-refractivity contribution < 1.29 is 9.53 Å². The number of carbonyl (C=O) groups excluding carboxylic acids is 1. The van der Waals surface area contributed by atoms with E-state index in [0.717, 1.165) is 32.7 Å². The van der Waals surface area contributed by atoms with Crippen molar-refractivity contribution in [2.75, 3.05) is 39.3 Å². The van der Waals surface area contributed by atoms with Crippen molar-refractivity contribution >= 4 is 17.2 Å². The van der Waals surface area contributed by atoms with Crippen LogP contribution in [-0.4, -0.2) is 61.1 Å². The fourth-order valence-corrected chi connectivity index (χ4v) is 5.03. The van der Waals surface area contributed by atoms with Crippen LogP contribution in [0.25, 0.3) is 0 Å². The normalized spacial score (nSPS) is 31.5. The van der Waals surface area contributed by atoms with Crippen LogP contribution in [0.2, 0.25) is 0 Å². The summed E-state index contributed by atoms with van der Waals surface area (Å²) in [6, 6.07) is 4.08. The van der Waals surface area contributed by atoms with Crippen LogP contribution in [0, 0.1) is 11.8 Å². The summed E-state index contributed by atoms with van der Waals surface area (Å²) in [4.78, 5) is 18.4. The molecule has 0 aromatic carbocycles. The Bertz CT molecular complexity index is 527. The maximum Gasteiger partial charge on any atom is 0.227 e. The summed E-state index contributed by atoms with van der Waals surface area (Å²) in [5.41, 5.74) is 0. The van der Waals surface area contributed by atoms with Gasteiger partial charge in [-0.25, -0.2) is 0 Å². The molecule has 4 heterocycles. The minimum Gasteiger partial charge on any atom is -0.376 e. The highest BCUT2D eigenvalue weighted by Crippen LogP contribution is 2.35. The van der Waals surface area contributed by atoms with Crippen molar-refractivity contribution in [2.45, 2.75) is 31.8 Å². The predicted molar refractivity (Wildman–Crippen MR) is 91.6 cm³/mol. The van der Waals surface area contributed by atoms with Crippen molar-refractivity contribution in [3.8, 4) is 0 Å². The molecule has 0 unspecified atom stereocenters. The Balaban J connectivity index is 1.36. The molecule has 5 heteroatoms. The van der Waals surface area contributed by atoms with Crippen molar-refractivity contribution in [3.63, 3.8) is 0 Å². The number of rotatable bonds is 4. The first kappa shape index (κ1) is 15.6. The SMILES string of the molecule is O=C(Cc1cccs1)N1CC[C@H]2CO[C@H](CN3CCCC3)[C@H]2C1. The summed E-state index contributed by atoms with van der Waals surface area (Å²) in [5, 5.41) is 2.05. The van der Waals surface area contributed by atoms with Crippen molar-refractivity contribution in [1.29, 1.82) is 0 Å². The molecule has 1 aromatic heterocycles. The third-order valence-corrected chi connectivity index (χ3v) is 6.58. The monoisotopic (exact) mass is 334 g/mol. The lowest BCUT2D eigenvalue weighted by Gasteiger charge is -2.36. The van der Waals surface area contributed by atoms with Gasteiger partial charge >= 0.3 is 0 Å². The van der Waals surface area contributed by atoms with Crippen LogP contribution in [0.4, 0.5) is 0 Å². The first-order valence-corrected chi connectivity index (χ1v) is 9.81. The van der Waals surface area contributed by atoms with Gasteiger partial charge < -0.3 is 14.5 Å². The predicted octanol–water partition coefficient (Wildman–Crippen LogP) is 2.25. The summed E-state index contributed by atoms with van der Waals surface area (Å²) < 4.78 is 6.12. The largest absolute Gasteiger partial charge is 0.376 e. The van der Waals surface area contributed by atoms with Gasteiger partial charge in [-0.1, -0.05) is 6.07 Å². The van der Waals surface area contributed by atoms with Gasteiger partial charge in [-0.2, -0.15) is 0 Å². The van der Waals surface area contributed by atoms with Crippen molar-refractivity contribution in [2.24, 2.45) is 11.8 Å². The molecule has 4 nitrogen and oxygen atoms in total. The lowest BCUT2D eigenvalue weighted by molar-refractivity contribution is -0.133. The minimum absolute atomic E-state index is 0.290. The average molecular weight is 334 g/mol. The van der Waals surface area contributed by atoms with Gasteiger partial charge in [0.15, 0.2) is 0 Å². The highest BCUT2D eigenvalue weighted by Gasteiger charge is 2.42. The lowest BCUT2D eigenvalue weighted by atomic mass is 9.84. The number of thiophene rings is 1. The molecule has 0 saturated carbocycles. The highest BCUT2D eigenvalue weighted by molar-refractivity contribution is 7.10. The Labute approximate surface area is 142 Å². The molecule has 3 aliphatic rings. The zero-order valence-electron chi connectivity index (χ0n) is 13.7. The molecule has 1 amide bonds. The van der Waals surface area contributed by atoms with Gasteiger partial charge in [0.1, 0.15) is 0 Å². The van der Waals surface area contributed by atoms with Crippen LogP contribution in [-0.2, 0) is 16.0 Å². The van der Waals surface area contributed by atoms with E-state index >= 15 is 0 Å². The maximum atomic E-state index is 12.6. The first-order chi connectivity index (χ1) is 11.3. The molecule has 0 N–H and O–H groups in total. The number of carbonyl (C=O) groups is 1. The van der Waals surface area contributed by atoms with Crippen molar-refractivity contribution in [3.05, 3.63) is 22.4 Å². The van der Waals surface area contributed by atoms with Gasteiger partial charge in [0.05, 0.1) is 19.1 Å². The molecule has 0 spiro atoms. The number of fused-ring (bicyclic) bond motifs is 1. The molecule has 4 rings (SSSR count). The molecule has 1 aromatic rings. The van der Waals surface area contributed by atoms with E-state index in [1.807, 2.05) is 11.4 Å². The van der Waals surface area contributed by atoms with E-state index in [2.05, 4.69) is 15.9 Å². The molecule has 3 saturated heterocycles. The zero-order chi connectivity index (χ0) is 15.6. The number of nitrogens with zero attached hydrogens (tertiary/aromatic N) is 2.